The third kappa shape index (κ3) is 9.37. The summed E-state index contributed by atoms with van der Waals surface area (Å²) in [5.41, 5.74) is 1.22. The van der Waals surface area contributed by atoms with E-state index >= 15 is 0 Å². The first kappa shape index (κ1) is 29.6. The van der Waals surface area contributed by atoms with Gasteiger partial charge >= 0.3 is 0 Å². The van der Waals surface area contributed by atoms with E-state index in [0.29, 0.717) is 23.0 Å². The summed E-state index contributed by atoms with van der Waals surface area (Å²) in [5.74, 6) is 0.940. The molecule has 2 fully saturated rings. The number of hydrogen-bond acceptors (Lipinski definition) is 6. The number of carbonyl (C=O) groups is 2. The molecule has 2 aromatic carbocycles. The van der Waals surface area contributed by atoms with Crippen molar-refractivity contribution in [1.29, 1.82) is 0 Å². The predicted octanol–water partition coefficient (Wildman–Crippen LogP) is 5.97. The van der Waals surface area contributed by atoms with Crippen LogP contribution in [-0.2, 0) is 9.59 Å². The van der Waals surface area contributed by atoms with E-state index in [2.05, 4.69) is 10.6 Å². The van der Waals surface area contributed by atoms with Crippen molar-refractivity contribution < 1.29 is 19.4 Å². The molecule has 0 bridgehead atoms. The van der Waals surface area contributed by atoms with E-state index in [4.69, 9.17) is 0 Å². The highest BCUT2D eigenvalue weighted by Gasteiger charge is 2.27. The SMILES string of the molecule is O=C(/C=C\c1cccc([N+](=O)[O-])c1)NC1CCC(CC2CCC(NC(=O)/C=C\c3cccc([N+](=O)[O-])c3)CC2)CC1. The van der Waals surface area contributed by atoms with Gasteiger partial charge in [0.1, 0.15) is 0 Å². The molecule has 41 heavy (non-hydrogen) atoms. The zero-order chi connectivity index (χ0) is 29.2. The van der Waals surface area contributed by atoms with Gasteiger partial charge < -0.3 is 10.6 Å². The van der Waals surface area contributed by atoms with Gasteiger partial charge in [0.05, 0.1) is 9.85 Å². The van der Waals surface area contributed by atoms with Crippen molar-refractivity contribution in [1.82, 2.24) is 10.6 Å². The Bertz CT molecular complexity index is 1210. The molecule has 0 spiro atoms. The summed E-state index contributed by atoms with van der Waals surface area (Å²) in [6.07, 6.45) is 15.4. The number of nitrogens with zero attached hydrogens (tertiary/aromatic N) is 2. The zero-order valence-corrected chi connectivity index (χ0v) is 22.9. The number of amides is 2. The van der Waals surface area contributed by atoms with Gasteiger partial charge in [0.15, 0.2) is 0 Å². The number of nitro groups is 2. The van der Waals surface area contributed by atoms with Crippen LogP contribution in [0, 0.1) is 32.1 Å². The first-order valence-corrected chi connectivity index (χ1v) is 14.2. The summed E-state index contributed by atoms with van der Waals surface area (Å²) < 4.78 is 0. The van der Waals surface area contributed by atoms with Gasteiger partial charge in [-0.3, -0.25) is 29.8 Å². The van der Waals surface area contributed by atoms with E-state index in [9.17, 15) is 29.8 Å². The normalized spacial score (nSPS) is 22.8. The van der Waals surface area contributed by atoms with Crippen LogP contribution in [0.2, 0.25) is 0 Å². The summed E-state index contributed by atoms with van der Waals surface area (Å²) >= 11 is 0. The molecular formula is C31H36N4O6. The average Bonchev–Trinajstić information content (AvgIpc) is 2.97. The van der Waals surface area contributed by atoms with Crippen molar-refractivity contribution in [2.45, 2.75) is 69.9 Å². The first-order valence-electron chi connectivity index (χ1n) is 14.2. The van der Waals surface area contributed by atoms with E-state index < -0.39 is 9.85 Å². The lowest BCUT2D eigenvalue weighted by Crippen LogP contribution is -2.38. The van der Waals surface area contributed by atoms with Crippen molar-refractivity contribution in [2.75, 3.05) is 0 Å². The standard InChI is InChI=1S/C31H36N4O6/c36-30(17-11-22-3-1-5-28(20-22)34(38)39)32-26-13-7-24(8-14-26)19-25-9-15-27(16-10-25)33-31(37)18-12-23-4-2-6-29(21-23)35(40)41/h1-6,11-12,17-18,20-21,24-27H,7-10,13-16,19H2,(H,32,36)(H,33,37)/b17-11-,18-12-. The molecule has 10 nitrogen and oxygen atoms in total. The minimum atomic E-state index is -0.453. The van der Waals surface area contributed by atoms with Crippen LogP contribution in [0.5, 0.6) is 0 Å². The number of nitrogens with one attached hydrogen (secondary N) is 2. The highest BCUT2D eigenvalue weighted by molar-refractivity contribution is 5.92. The molecule has 216 valence electrons. The van der Waals surface area contributed by atoms with E-state index in [1.165, 1.54) is 42.8 Å². The molecule has 0 aromatic heterocycles. The summed E-state index contributed by atoms with van der Waals surface area (Å²) in [5, 5.41) is 28.0. The van der Waals surface area contributed by atoms with Gasteiger partial charge in [-0.25, -0.2) is 0 Å². The Hall–Kier alpha value is -4.34. The molecule has 2 aromatic rings. The summed E-state index contributed by atoms with van der Waals surface area (Å²) in [6.45, 7) is 0. The lowest BCUT2D eigenvalue weighted by atomic mass is 9.75. The third-order valence-corrected chi connectivity index (χ3v) is 8.07. The maximum Gasteiger partial charge on any atom is 0.270 e. The molecule has 0 aliphatic heterocycles. The lowest BCUT2D eigenvalue weighted by Gasteiger charge is -2.34. The van der Waals surface area contributed by atoms with E-state index in [1.54, 1.807) is 36.4 Å². The van der Waals surface area contributed by atoms with Gasteiger partial charge in [0.2, 0.25) is 11.8 Å². The van der Waals surface area contributed by atoms with Crippen LogP contribution in [0.25, 0.3) is 12.2 Å². The van der Waals surface area contributed by atoms with Crippen molar-refractivity contribution in [3.8, 4) is 0 Å². The Labute approximate surface area is 239 Å². The molecule has 0 atom stereocenters. The Balaban J connectivity index is 1.12. The van der Waals surface area contributed by atoms with Crippen molar-refractivity contribution >= 4 is 35.3 Å². The van der Waals surface area contributed by atoms with Crippen LogP contribution in [-0.4, -0.2) is 33.7 Å². The highest BCUT2D eigenvalue weighted by Crippen LogP contribution is 2.35. The molecule has 2 amide bonds. The minimum Gasteiger partial charge on any atom is -0.350 e. The number of benzene rings is 2. The molecule has 2 saturated carbocycles. The van der Waals surface area contributed by atoms with Crippen LogP contribution >= 0.6 is 0 Å². The topological polar surface area (TPSA) is 144 Å². The third-order valence-electron chi connectivity index (χ3n) is 8.07. The molecule has 0 saturated heterocycles. The molecule has 10 heteroatoms. The molecule has 2 aliphatic carbocycles. The van der Waals surface area contributed by atoms with Crippen LogP contribution in [0.4, 0.5) is 11.4 Å². The molecule has 0 heterocycles. The average molecular weight is 561 g/mol. The van der Waals surface area contributed by atoms with Gasteiger partial charge in [0, 0.05) is 48.5 Å². The summed E-state index contributed by atoms with van der Waals surface area (Å²) in [6, 6.07) is 12.7. The monoisotopic (exact) mass is 560 g/mol. The smallest absolute Gasteiger partial charge is 0.270 e. The van der Waals surface area contributed by atoms with Crippen molar-refractivity contribution in [3.63, 3.8) is 0 Å². The Kier molecular flexibility index (Phi) is 10.4. The van der Waals surface area contributed by atoms with Crippen LogP contribution in [0.3, 0.4) is 0 Å². The largest absolute Gasteiger partial charge is 0.350 e. The number of non-ortho nitro benzene ring substituents is 2. The summed E-state index contributed by atoms with van der Waals surface area (Å²) in [4.78, 5) is 45.7. The van der Waals surface area contributed by atoms with E-state index in [0.717, 1.165) is 51.4 Å². The van der Waals surface area contributed by atoms with Crippen LogP contribution < -0.4 is 10.6 Å². The molecular weight excluding hydrogens is 524 g/mol. The number of carbonyl (C=O) groups excluding carboxylic acids is 2. The van der Waals surface area contributed by atoms with Gasteiger partial charge in [-0.05, 0) is 92.9 Å². The van der Waals surface area contributed by atoms with E-state index in [1.807, 2.05) is 0 Å². The zero-order valence-electron chi connectivity index (χ0n) is 22.9. The fraction of sp³-hybridized carbons (Fsp3) is 0.419. The molecule has 2 aliphatic rings. The molecule has 0 radical (unpaired) electrons. The van der Waals surface area contributed by atoms with Gasteiger partial charge in [0.25, 0.3) is 11.4 Å². The van der Waals surface area contributed by atoms with Crippen LogP contribution in [0.1, 0.15) is 68.9 Å². The summed E-state index contributed by atoms with van der Waals surface area (Å²) in [7, 11) is 0. The van der Waals surface area contributed by atoms with Gasteiger partial charge in [-0.15, -0.1) is 0 Å². The number of rotatable bonds is 10. The Morgan fingerprint density at radius 2 is 1.07 bits per heavy atom. The fourth-order valence-electron chi connectivity index (χ4n) is 5.88. The second-order valence-corrected chi connectivity index (χ2v) is 11.1. The van der Waals surface area contributed by atoms with Crippen molar-refractivity contribution in [2.24, 2.45) is 11.8 Å². The molecule has 0 unspecified atom stereocenters. The first-order chi connectivity index (χ1) is 19.7. The van der Waals surface area contributed by atoms with Crippen LogP contribution in [0.15, 0.2) is 60.7 Å². The highest BCUT2D eigenvalue weighted by atomic mass is 16.6. The maximum atomic E-state index is 12.4. The predicted molar refractivity (Wildman–Crippen MR) is 157 cm³/mol. The Morgan fingerprint density at radius 3 is 1.44 bits per heavy atom. The second-order valence-electron chi connectivity index (χ2n) is 11.1. The maximum absolute atomic E-state index is 12.4. The Morgan fingerprint density at radius 1 is 0.683 bits per heavy atom. The van der Waals surface area contributed by atoms with Crippen molar-refractivity contribution in [3.05, 3.63) is 92.0 Å². The minimum absolute atomic E-state index is 0.00303. The number of hydrogen-bond donors (Lipinski definition) is 2. The number of nitro benzene ring substituents is 2. The molecule has 4 rings (SSSR count). The van der Waals surface area contributed by atoms with Gasteiger partial charge in [-0.1, -0.05) is 24.3 Å². The quantitative estimate of drug-likeness (QED) is 0.208. The lowest BCUT2D eigenvalue weighted by molar-refractivity contribution is -0.385. The molecule has 2 N–H and O–H groups in total. The fourth-order valence-corrected chi connectivity index (χ4v) is 5.88. The second kappa shape index (κ2) is 14.3. The van der Waals surface area contributed by atoms with Gasteiger partial charge in [-0.2, -0.15) is 0 Å². The van der Waals surface area contributed by atoms with E-state index in [-0.39, 0.29) is 35.3 Å².